The molecule has 1 saturated heterocycles. The first-order valence-electron chi connectivity index (χ1n) is 10.0. The van der Waals surface area contributed by atoms with Crippen LogP contribution in [-0.2, 0) is 6.67 Å². The lowest BCUT2D eigenvalue weighted by atomic mass is 10.2. The number of halogens is 1. The summed E-state index contributed by atoms with van der Waals surface area (Å²) in [7, 11) is 0. The van der Waals surface area contributed by atoms with Gasteiger partial charge in [-0.1, -0.05) is 30.7 Å². The van der Waals surface area contributed by atoms with Crippen LogP contribution < -0.4 is 0 Å². The molecule has 2 heterocycles. The fourth-order valence-corrected chi connectivity index (χ4v) is 4.14. The number of piperazine rings is 1. The first-order chi connectivity index (χ1) is 14.0. The molecule has 1 fully saturated rings. The summed E-state index contributed by atoms with van der Waals surface area (Å²) in [5.74, 6) is 0.837. The fraction of sp³-hybridized carbons (Fsp3) is 0.364. The van der Waals surface area contributed by atoms with E-state index in [9.17, 15) is 0 Å². The third-order valence-electron chi connectivity index (χ3n) is 5.45. The smallest absolute Gasteiger partial charge is 0.204 e. The predicted octanol–water partition coefficient (Wildman–Crippen LogP) is 4.63. The monoisotopic (exact) mass is 427 g/mol. The highest BCUT2D eigenvalue weighted by Crippen LogP contribution is 2.25. The van der Waals surface area contributed by atoms with Gasteiger partial charge in [-0.25, -0.2) is 4.68 Å². The Morgan fingerprint density at radius 3 is 2.34 bits per heavy atom. The van der Waals surface area contributed by atoms with Crippen LogP contribution in [0.3, 0.4) is 0 Å². The van der Waals surface area contributed by atoms with Crippen molar-refractivity contribution in [2.24, 2.45) is 0 Å². The highest BCUT2D eigenvalue weighted by atomic mass is 35.5. The molecule has 152 valence electrons. The van der Waals surface area contributed by atoms with Crippen LogP contribution in [-0.4, -0.2) is 56.9 Å². The molecule has 0 atom stereocenters. The van der Waals surface area contributed by atoms with Crippen molar-refractivity contribution in [2.45, 2.75) is 20.5 Å². The van der Waals surface area contributed by atoms with Gasteiger partial charge in [0.25, 0.3) is 0 Å². The van der Waals surface area contributed by atoms with Gasteiger partial charge in [-0.3, -0.25) is 9.47 Å². The molecule has 1 aliphatic heterocycles. The van der Waals surface area contributed by atoms with E-state index in [4.69, 9.17) is 28.9 Å². The van der Waals surface area contributed by atoms with Gasteiger partial charge in [0.15, 0.2) is 5.82 Å². The molecule has 29 heavy (non-hydrogen) atoms. The Kier molecular flexibility index (Phi) is 6.15. The van der Waals surface area contributed by atoms with E-state index in [1.54, 1.807) is 0 Å². The van der Waals surface area contributed by atoms with Crippen molar-refractivity contribution in [3.63, 3.8) is 0 Å². The molecule has 7 heteroatoms. The van der Waals surface area contributed by atoms with E-state index in [2.05, 4.69) is 52.5 Å². The number of aryl methyl sites for hydroxylation is 1. The SMILES string of the molecule is CCN1CCN(Cn2nc(-c3ccc(Cl)cc3)n(-c3cccc(C)c3)c2=S)CC1. The maximum absolute atomic E-state index is 6.10. The lowest BCUT2D eigenvalue weighted by Gasteiger charge is -2.33. The molecule has 1 aromatic heterocycles. The first kappa shape index (κ1) is 20.3. The average Bonchev–Trinajstić information content (AvgIpc) is 3.05. The van der Waals surface area contributed by atoms with Crippen LogP contribution in [0.4, 0.5) is 0 Å². The van der Waals surface area contributed by atoms with Crippen LogP contribution in [0.2, 0.25) is 5.02 Å². The lowest BCUT2D eigenvalue weighted by molar-refractivity contribution is 0.106. The Hall–Kier alpha value is -1.99. The Morgan fingerprint density at radius 1 is 1.00 bits per heavy atom. The number of benzene rings is 2. The molecule has 2 aromatic carbocycles. The number of hydrogen-bond donors (Lipinski definition) is 0. The van der Waals surface area contributed by atoms with E-state index >= 15 is 0 Å². The standard InChI is InChI=1S/C22H26ClN5S/c1-3-25-11-13-26(14-12-25)16-27-22(29)28(20-6-4-5-17(2)15-20)21(24-27)18-7-9-19(23)10-8-18/h4-10,15H,3,11-14,16H2,1-2H3. The van der Waals surface area contributed by atoms with Crippen molar-refractivity contribution in [3.8, 4) is 17.1 Å². The van der Waals surface area contributed by atoms with Gasteiger partial charge in [-0.05, 0) is 67.6 Å². The topological polar surface area (TPSA) is 29.2 Å². The largest absolute Gasteiger partial charge is 0.301 e. The minimum Gasteiger partial charge on any atom is -0.301 e. The molecular weight excluding hydrogens is 402 g/mol. The minimum absolute atomic E-state index is 0.704. The van der Waals surface area contributed by atoms with Gasteiger partial charge in [-0.15, -0.1) is 5.10 Å². The van der Waals surface area contributed by atoms with Crippen molar-refractivity contribution in [1.29, 1.82) is 0 Å². The van der Waals surface area contributed by atoms with Gasteiger partial charge >= 0.3 is 0 Å². The van der Waals surface area contributed by atoms with E-state index in [0.29, 0.717) is 16.5 Å². The van der Waals surface area contributed by atoms with E-state index in [1.807, 2.05) is 28.9 Å². The maximum atomic E-state index is 6.10. The molecule has 0 amide bonds. The van der Waals surface area contributed by atoms with Gasteiger partial charge in [0.2, 0.25) is 4.77 Å². The minimum atomic E-state index is 0.704. The number of hydrogen-bond acceptors (Lipinski definition) is 4. The number of nitrogens with zero attached hydrogens (tertiary/aromatic N) is 5. The van der Waals surface area contributed by atoms with Gasteiger partial charge in [0.05, 0.1) is 12.4 Å². The third kappa shape index (κ3) is 4.46. The Balaban J connectivity index is 1.73. The second-order valence-corrected chi connectivity index (χ2v) is 8.28. The second kappa shape index (κ2) is 8.79. The molecule has 0 N–H and O–H groups in total. The maximum Gasteiger partial charge on any atom is 0.204 e. The lowest BCUT2D eigenvalue weighted by Crippen LogP contribution is -2.46. The van der Waals surface area contributed by atoms with E-state index in [0.717, 1.165) is 49.8 Å². The van der Waals surface area contributed by atoms with Crippen molar-refractivity contribution < 1.29 is 0 Å². The molecule has 0 bridgehead atoms. The van der Waals surface area contributed by atoms with Crippen LogP contribution in [0.15, 0.2) is 48.5 Å². The highest BCUT2D eigenvalue weighted by Gasteiger charge is 2.19. The number of aromatic nitrogens is 3. The zero-order chi connectivity index (χ0) is 20.4. The summed E-state index contributed by atoms with van der Waals surface area (Å²) in [6, 6.07) is 16.1. The van der Waals surface area contributed by atoms with Crippen molar-refractivity contribution in [2.75, 3.05) is 32.7 Å². The normalized spacial score (nSPS) is 15.7. The van der Waals surface area contributed by atoms with Crippen LogP contribution in [0.1, 0.15) is 12.5 Å². The summed E-state index contributed by atoms with van der Waals surface area (Å²) < 4.78 is 4.72. The summed E-state index contributed by atoms with van der Waals surface area (Å²) >= 11 is 12.0. The van der Waals surface area contributed by atoms with Crippen LogP contribution in [0.5, 0.6) is 0 Å². The molecule has 0 spiro atoms. The molecule has 1 aliphatic rings. The molecule has 3 aromatic rings. The van der Waals surface area contributed by atoms with Gasteiger partial charge in [0, 0.05) is 36.8 Å². The Bertz CT molecular complexity index is 1030. The fourth-order valence-electron chi connectivity index (χ4n) is 3.72. The summed E-state index contributed by atoms with van der Waals surface area (Å²) in [4.78, 5) is 4.89. The number of likely N-dealkylation sites (N-methyl/N-ethyl adjacent to an activating group) is 1. The summed E-state index contributed by atoms with van der Waals surface area (Å²) in [6.45, 7) is 10.4. The second-order valence-electron chi connectivity index (χ2n) is 7.48. The molecule has 0 unspecified atom stereocenters. The summed E-state index contributed by atoms with van der Waals surface area (Å²) in [5.41, 5.74) is 3.22. The van der Waals surface area contributed by atoms with Crippen LogP contribution in [0, 0.1) is 11.7 Å². The average molecular weight is 428 g/mol. The van der Waals surface area contributed by atoms with E-state index in [1.165, 1.54) is 5.56 Å². The van der Waals surface area contributed by atoms with Gasteiger partial charge in [-0.2, -0.15) is 0 Å². The molecule has 5 nitrogen and oxygen atoms in total. The van der Waals surface area contributed by atoms with Crippen LogP contribution in [0.25, 0.3) is 17.1 Å². The first-order valence-corrected chi connectivity index (χ1v) is 10.8. The third-order valence-corrected chi connectivity index (χ3v) is 6.09. The zero-order valence-corrected chi connectivity index (χ0v) is 18.5. The predicted molar refractivity (Wildman–Crippen MR) is 121 cm³/mol. The quantitative estimate of drug-likeness (QED) is 0.555. The van der Waals surface area contributed by atoms with E-state index < -0.39 is 0 Å². The summed E-state index contributed by atoms with van der Waals surface area (Å²) in [6.07, 6.45) is 0. The zero-order valence-electron chi connectivity index (χ0n) is 16.9. The summed E-state index contributed by atoms with van der Waals surface area (Å²) in [5, 5.41) is 5.64. The van der Waals surface area contributed by atoms with Crippen molar-refractivity contribution in [1.82, 2.24) is 24.1 Å². The number of rotatable bonds is 5. The Morgan fingerprint density at radius 2 is 1.69 bits per heavy atom. The van der Waals surface area contributed by atoms with Crippen molar-refractivity contribution in [3.05, 3.63) is 63.9 Å². The van der Waals surface area contributed by atoms with Gasteiger partial charge in [0.1, 0.15) is 0 Å². The molecular formula is C22H26ClN5S. The molecule has 0 saturated carbocycles. The van der Waals surface area contributed by atoms with E-state index in [-0.39, 0.29) is 0 Å². The molecule has 0 radical (unpaired) electrons. The van der Waals surface area contributed by atoms with Crippen molar-refractivity contribution >= 4 is 23.8 Å². The Labute approximate surface area is 182 Å². The highest BCUT2D eigenvalue weighted by molar-refractivity contribution is 7.71. The van der Waals surface area contributed by atoms with Crippen LogP contribution >= 0.6 is 23.8 Å². The molecule has 0 aliphatic carbocycles. The molecule has 4 rings (SSSR count). The van der Waals surface area contributed by atoms with Gasteiger partial charge < -0.3 is 4.90 Å².